The summed E-state index contributed by atoms with van der Waals surface area (Å²) in [4.78, 5) is 23.6. The van der Waals surface area contributed by atoms with Gasteiger partial charge in [0.05, 0.1) is 0 Å². The molecule has 0 unspecified atom stereocenters. The molecule has 0 bridgehead atoms. The zero-order valence-electron chi connectivity index (χ0n) is 26.8. The minimum Gasteiger partial charge on any atom is -0.289 e. The Morgan fingerprint density at radius 3 is 1.08 bits per heavy atom. The molecule has 0 amide bonds. The van der Waals surface area contributed by atoms with Crippen LogP contribution in [0.25, 0.3) is 33.4 Å². The van der Waals surface area contributed by atoms with Crippen molar-refractivity contribution in [3.63, 3.8) is 0 Å². The molecule has 0 heterocycles. The Kier molecular flexibility index (Phi) is 8.54. The third-order valence-electron chi connectivity index (χ3n) is 8.73. The number of rotatable bonds is 6. The highest BCUT2D eigenvalue weighted by Gasteiger charge is 2.18. The Morgan fingerprint density at radius 2 is 0.735 bits per heavy atom. The van der Waals surface area contributed by atoms with Crippen molar-refractivity contribution >= 4 is 11.6 Å². The number of carbonyl (C=O) groups excluding carboxylic acids is 2. The van der Waals surface area contributed by atoms with Crippen LogP contribution in [-0.4, -0.2) is 11.6 Å². The largest absolute Gasteiger partial charge is 0.289 e. The number of ketones is 2. The summed E-state index contributed by atoms with van der Waals surface area (Å²) >= 11 is 0. The van der Waals surface area contributed by atoms with Gasteiger partial charge in [-0.05, 0) is 112 Å². The highest BCUT2D eigenvalue weighted by molar-refractivity contribution is 6.05. The fourth-order valence-corrected chi connectivity index (χ4v) is 6.04. The second kappa shape index (κ2) is 13.5. The van der Waals surface area contributed by atoms with Crippen LogP contribution in [0, 0.1) is 23.7 Å². The van der Waals surface area contributed by atoms with Crippen molar-refractivity contribution in [1.82, 2.24) is 0 Å². The fourth-order valence-electron chi connectivity index (χ4n) is 6.04. The summed E-state index contributed by atoms with van der Waals surface area (Å²) in [5.41, 5.74) is 14.4. The molecule has 0 fully saturated rings. The fraction of sp³-hybridized carbons (Fsp3) is 0.0213. The molecule has 0 N–H and O–H groups in total. The van der Waals surface area contributed by atoms with Crippen LogP contribution in [0.2, 0.25) is 0 Å². The highest BCUT2D eigenvalue weighted by atomic mass is 16.1. The third-order valence-corrected chi connectivity index (χ3v) is 8.73. The van der Waals surface area contributed by atoms with Crippen molar-refractivity contribution < 1.29 is 9.59 Å². The first kappa shape index (κ1) is 30.9. The molecule has 0 aliphatic heterocycles. The van der Waals surface area contributed by atoms with E-state index in [0.29, 0.717) is 11.1 Å². The zero-order chi connectivity index (χ0) is 33.7. The van der Waals surface area contributed by atoms with Gasteiger partial charge in [0, 0.05) is 33.4 Å². The molecule has 0 saturated carbocycles. The van der Waals surface area contributed by atoms with E-state index in [0.717, 1.165) is 50.9 Å². The van der Waals surface area contributed by atoms with E-state index < -0.39 is 0 Å². The average Bonchev–Trinajstić information content (AvgIpc) is 3.53. The molecule has 49 heavy (non-hydrogen) atoms. The van der Waals surface area contributed by atoms with E-state index in [1.807, 2.05) is 72.8 Å². The van der Waals surface area contributed by atoms with E-state index in [2.05, 4.69) is 97.5 Å². The molecule has 0 saturated heterocycles. The molecule has 2 heteroatoms. The van der Waals surface area contributed by atoms with E-state index >= 15 is 0 Å². The van der Waals surface area contributed by atoms with Gasteiger partial charge in [-0.3, -0.25) is 9.59 Å². The van der Waals surface area contributed by atoms with Gasteiger partial charge in [0.2, 0.25) is 0 Å². The summed E-state index contributed by atoms with van der Waals surface area (Å²) in [6.07, 6.45) is 3.52. The second-order valence-corrected chi connectivity index (χ2v) is 11.9. The van der Waals surface area contributed by atoms with Gasteiger partial charge in [0.15, 0.2) is 11.6 Å². The maximum absolute atomic E-state index is 11.8. The van der Waals surface area contributed by atoms with Crippen LogP contribution in [0.4, 0.5) is 0 Å². The molecule has 6 aromatic rings. The molecule has 230 valence electrons. The number of fused-ring (bicyclic) bond motifs is 3. The molecular weight excluding hydrogens is 597 g/mol. The lowest BCUT2D eigenvalue weighted by Gasteiger charge is -2.03. The molecule has 6 aromatic carbocycles. The van der Waals surface area contributed by atoms with Gasteiger partial charge in [0.25, 0.3) is 0 Å². The Bertz CT molecular complexity index is 2210. The summed E-state index contributed by atoms with van der Waals surface area (Å²) in [5.74, 6) is 13.1. The Hall–Kier alpha value is -6.74. The molecule has 0 atom stereocenters. The van der Waals surface area contributed by atoms with E-state index in [4.69, 9.17) is 0 Å². The molecule has 7 rings (SSSR count). The van der Waals surface area contributed by atoms with Crippen molar-refractivity contribution in [2.24, 2.45) is 0 Å². The number of benzene rings is 6. The summed E-state index contributed by atoms with van der Waals surface area (Å²) in [6, 6.07) is 44.4. The van der Waals surface area contributed by atoms with E-state index in [9.17, 15) is 9.59 Å². The van der Waals surface area contributed by atoms with Crippen molar-refractivity contribution in [1.29, 1.82) is 0 Å². The highest BCUT2D eigenvalue weighted by Crippen LogP contribution is 2.37. The van der Waals surface area contributed by atoms with Crippen LogP contribution < -0.4 is 0 Å². The molecule has 2 nitrogen and oxygen atoms in total. The molecule has 0 aromatic heterocycles. The molecule has 1 aliphatic carbocycles. The lowest BCUT2D eigenvalue weighted by molar-refractivity contribution is 0.103. The maximum atomic E-state index is 11.8. The minimum absolute atomic E-state index is 0.0780. The average molecular weight is 627 g/mol. The van der Waals surface area contributed by atoms with Crippen molar-refractivity contribution in [2.45, 2.75) is 6.42 Å². The lowest BCUT2D eigenvalue weighted by Crippen LogP contribution is -1.92. The number of hydrogen-bond donors (Lipinski definition) is 0. The van der Waals surface area contributed by atoms with Gasteiger partial charge in [-0.25, -0.2) is 0 Å². The first-order valence-electron chi connectivity index (χ1n) is 16.0. The normalized spacial score (nSPS) is 10.8. The first-order chi connectivity index (χ1) is 24.0. The Labute approximate surface area is 287 Å². The van der Waals surface area contributed by atoms with Gasteiger partial charge in [-0.1, -0.05) is 122 Å². The van der Waals surface area contributed by atoms with Crippen LogP contribution in [0.1, 0.15) is 54.1 Å². The van der Waals surface area contributed by atoms with Crippen LogP contribution >= 0.6 is 0 Å². The molecule has 0 spiro atoms. The predicted octanol–water partition coefficient (Wildman–Crippen LogP) is 10.1. The number of allylic oxidation sites excluding steroid dienone is 2. The SMILES string of the molecule is C=CC(=O)c1ccc(-c2ccc(C#Cc3ccc4c(c3)Cc3cc(C#Cc5ccc(-c6ccc(C(=O)C=C)cc6)cc5)ccc3-4)cc2)cc1. The van der Waals surface area contributed by atoms with Gasteiger partial charge in [-0.2, -0.15) is 0 Å². The monoisotopic (exact) mass is 626 g/mol. The van der Waals surface area contributed by atoms with Crippen LogP contribution in [0.15, 0.2) is 159 Å². The topological polar surface area (TPSA) is 34.1 Å². The Balaban J connectivity index is 1.01. The Morgan fingerprint density at radius 1 is 0.429 bits per heavy atom. The van der Waals surface area contributed by atoms with Crippen molar-refractivity contribution in [3.8, 4) is 57.1 Å². The maximum Gasteiger partial charge on any atom is 0.185 e. The van der Waals surface area contributed by atoms with Crippen molar-refractivity contribution in [3.05, 3.63) is 203 Å². The van der Waals surface area contributed by atoms with E-state index in [1.54, 1.807) is 0 Å². The van der Waals surface area contributed by atoms with E-state index in [-0.39, 0.29) is 11.6 Å². The zero-order valence-corrected chi connectivity index (χ0v) is 26.8. The van der Waals surface area contributed by atoms with Crippen LogP contribution in [0.3, 0.4) is 0 Å². The first-order valence-corrected chi connectivity index (χ1v) is 16.0. The second-order valence-electron chi connectivity index (χ2n) is 11.9. The van der Waals surface area contributed by atoms with Gasteiger partial charge in [0.1, 0.15) is 0 Å². The predicted molar refractivity (Wildman–Crippen MR) is 199 cm³/mol. The smallest absolute Gasteiger partial charge is 0.185 e. The van der Waals surface area contributed by atoms with Crippen LogP contribution in [-0.2, 0) is 6.42 Å². The third kappa shape index (κ3) is 6.72. The van der Waals surface area contributed by atoms with Gasteiger partial charge >= 0.3 is 0 Å². The summed E-state index contributed by atoms with van der Waals surface area (Å²) in [6.45, 7) is 7.10. The quantitative estimate of drug-likeness (QED) is 0.105. The number of carbonyl (C=O) groups is 2. The van der Waals surface area contributed by atoms with E-state index in [1.165, 1.54) is 34.4 Å². The van der Waals surface area contributed by atoms with Gasteiger partial charge < -0.3 is 0 Å². The summed E-state index contributed by atoms with van der Waals surface area (Å²) in [5, 5.41) is 0. The molecule has 0 radical (unpaired) electrons. The lowest BCUT2D eigenvalue weighted by atomic mass is 10.0. The molecule has 1 aliphatic rings. The number of hydrogen-bond acceptors (Lipinski definition) is 2. The summed E-state index contributed by atoms with van der Waals surface area (Å²) < 4.78 is 0. The van der Waals surface area contributed by atoms with Crippen LogP contribution in [0.5, 0.6) is 0 Å². The molecular formula is C47H30O2. The summed E-state index contributed by atoms with van der Waals surface area (Å²) in [7, 11) is 0. The standard InChI is InChI=1S/C47H30O2/c1-3-46(48)40-23-19-38(20-24-40)36-15-9-32(10-16-36)5-7-34-13-27-44-42(29-34)31-43-30-35(14-28-45(43)44)8-6-33-11-17-37(18-12-33)39-21-25-41(26-22-39)47(49)4-2/h3-4,9-30H,1-2,31H2. The van der Waals surface area contributed by atoms with Crippen molar-refractivity contribution in [2.75, 3.05) is 0 Å². The minimum atomic E-state index is -0.0780. The van der Waals surface area contributed by atoms with Gasteiger partial charge in [-0.15, -0.1) is 0 Å².